The zero-order valence-electron chi connectivity index (χ0n) is 16.3. The summed E-state index contributed by atoms with van der Waals surface area (Å²) in [7, 11) is 1.12. The summed E-state index contributed by atoms with van der Waals surface area (Å²) in [5, 5.41) is 20.7. The van der Waals surface area contributed by atoms with Crippen LogP contribution in [0.15, 0.2) is 0 Å². The van der Waals surface area contributed by atoms with E-state index in [-0.39, 0.29) is 5.75 Å². The van der Waals surface area contributed by atoms with Crippen molar-refractivity contribution in [3.8, 4) is 0 Å². The average Bonchev–Trinajstić information content (AvgIpc) is 2.67. The average molecular weight is 455 g/mol. The van der Waals surface area contributed by atoms with E-state index in [0.29, 0.717) is 0 Å². The van der Waals surface area contributed by atoms with Gasteiger partial charge in [0, 0.05) is 18.1 Å². The number of thioether (sulfide) groups is 1. The highest BCUT2D eigenvalue weighted by Crippen LogP contribution is 2.19. The fourth-order valence-electron chi connectivity index (χ4n) is 1.75. The van der Waals surface area contributed by atoms with E-state index in [9.17, 15) is 39.4 Å². The molecule has 0 aliphatic rings. The second kappa shape index (κ2) is 13.1. The summed E-state index contributed by atoms with van der Waals surface area (Å²) < 4.78 is 9.27. The molecular formula is C14H21N3O12S. The molecule has 0 aliphatic carbocycles. The molecule has 0 aliphatic heterocycles. The third kappa shape index (κ3) is 11.6. The van der Waals surface area contributed by atoms with Gasteiger partial charge in [-0.2, -0.15) is 11.8 Å². The first-order valence-electron chi connectivity index (χ1n) is 8.07. The standard InChI is InChI=1S/C14H21N3O12S/c1-9(18)15-10(12(20)26-3)4-30-5-11(19)13(21)27-6-14(2,7-28-16(22)23)8-29-17(24)25/h10H,4-8H2,1-3H3,(H,15,18)/t10-/m1/s1. The quantitative estimate of drug-likeness (QED) is 0.135. The lowest BCUT2D eigenvalue weighted by Crippen LogP contribution is -2.42. The lowest BCUT2D eigenvalue weighted by molar-refractivity contribution is -0.771. The molecule has 0 aromatic carbocycles. The van der Waals surface area contributed by atoms with Crippen LogP contribution < -0.4 is 5.32 Å². The fourth-order valence-corrected chi connectivity index (χ4v) is 2.62. The molecule has 0 radical (unpaired) electrons. The third-order valence-electron chi connectivity index (χ3n) is 3.20. The number of nitrogens with one attached hydrogen (secondary N) is 1. The van der Waals surface area contributed by atoms with Gasteiger partial charge in [-0.05, 0) is 0 Å². The van der Waals surface area contributed by atoms with E-state index in [0.717, 1.165) is 18.9 Å². The minimum Gasteiger partial charge on any atom is -0.467 e. The van der Waals surface area contributed by atoms with Crippen LogP contribution >= 0.6 is 11.8 Å². The predicted molar refractivity (Wildman–Crippen MR) is 96.9 cm³/mol. The van der Waals surface area contributed by atoms with Gasteiger partial charge in [-0.3, -0.25) is 9.59 Å². The number of hydrogen-bond donors (Lipinski definition) is 1. The first-order valence-corrected chi connectivity index (χ1v) is 9.23. The van der Waals surface area contributed by atoms with Gasteiger partial charge in [0.25, 0.3) is 10.2 Å². The van der Waals surface area contributed by atoms with Gasteiger partial charge < -0.3 is 24.5 Å². The molecule has 0 aromatic rings. The van der Waals surface area contributed by atoms with Crippen molar-refractivity contribution in [1.29, 1.82) is 0 Å². The smallest absolute Gasteiger partial charge is 0.375 e. The molecule has 15 nitrogen and oxygen atoms in total. The predicted octanol–water partition coefficient (Wildman–Crippen LogP) is -1.07. The molecule has 0 aromatic heterocycles. The van der Waals surface area contributed by atoms with Crippen LogP contribution in [0.25, 0.3) is 0 Å². The Labute approximate surface area is 173 Å². The van der Waals surface area contributed by atoms with Gasteiger partial charge in [-0.25, -0.2) is 9.59 Å². The lowest BCUT2D eigenvalue weighted by atomic mass is 9.94. The zero-order chi connectivity index (χ0) is 23.3. The van der Waals surface area contributed by atoms with Crippen molar-refractivity contribution in [2.24, 2.45) is 5.41 Å². The molecule has 1 N–H and O–H groups in total. The number of rotatable bonds is 15. The minimum absolute atomic E-state index is 0.0592. The van der Waals surface area contributed by atoms with Crippen LogP contribution in [0, 0.1) is 25.6 Å². The number of esters is 2. The first-order chi connectivity index (χ1) is 13.9. The lowest BCUT2D eigenvalue weighted by Gasteiger charge is -2.26. The highest BCUT2D eigenvalue weighted by atomic mass is 32.2. The summed E-state index contributed by atoms with van der Waals surface area (Å²) >= 11 is 0.851. The van der Waals surface area contributed by atoms with E-state index in [4.69, 9.17) is 4.74 Å². The highest BCUT2D eigenvalue weighted by molar-refractivity contribution is 8.00. The number of ether oxygens (including phenoxy) is 2. The van der Waals surface area contributed by atoms with Gasteiger partial charge in [0.2, 0.25) is 11.7 Å². The number of ketones is 1. The molecule has 0 saturated carbocycles. The highest BCUT2D eigenvalue weighted by Gasteiger charge is 2.31. The molecule has 0 rings (SSSR count). The maximum atomic E-state index is 11.9. The van der Waals surface area contributed by atoms with Gasteiger partial charge in [-0.15, -0.1) is 20.2 Å². The summed E-state index contributed by atoms with van der Waals surface area (Å²) in [5.41, 5.74) is -1.48. The van der Waals surface area contributed by atoms with Crippen molar-refractivity contribution < 1.29 is 48.5 Å². The molecule has 30 heavy (non-hydrogen) atoms. The number of hydrogen-bond acceptors (Lipinski definition) is 13. The maximum Gasteiger partial charge on any atom is 0.375 e. The van der Waals surface area contributed by atoms with Crippen LogP contribution in [0.4, 0.5) is 0 Å². The number of carbonyl (C=O) groups is 4. The van der Waals surface area contributed by atoms with Gasteiger partial charge in [-0.1, -0.05) is 6.92 Å². The van der Waals surface area contributed by atoms with Crippen molar-refractivity contribution in [3.05, 3.63) is 20.2 Å². The van der Waals surface area contributed by atoms with Crippen LogP contribution in [-0.2, 0) is 38.3 Å². The van der Waals surface area contributed by atoms with Gasteiger partial charge in [0.15, 0.2) is 0 Å². The van der Waals surface area contributed by atoms with E-state index in [1.807, 2.05) is 0 Å². The SMILES string of the molecule is COC(=O)[C@@H](CSCC(=O)C(=O)OCC(C)(CO[N+](=O)[O-])CO[N+](=O)[O-])NC(C)=O. The van der Waals surface area contributed by atoms with Crippen LogP contribution in [-0.4, -0.2) is 78.3 Å². The minimum atomic E-state index is -1.48. The number of Topliss-reactive ketones (excluding diaryl/α,β-unsaturated/α-hetero) is 1. The normalized spacial score (nSPS) is 11.6. The van der Waals surface area contributed by atoms with Crippen LogP contribution in [0.5, 0.6) is 0 Å². The Bertz CT molecular complexity index is 653. The van der Waals surface area contributed by atoms with Crippen molar-refractivity contribution in [2.75, 3.05) is 38.4 Å². The fraction of sp³-hybridized carbons (Fsp3) is 0.714. The topological polar surface area (TPSA) is 204 Å². The molecular weight excluding hydrogens is 434 g/mol. The Kier molecular flexibility index (Phi) is 11.7. The molecule has 16 heteroatoms. The van der Waals surface area contributed by atoms with E-state index >= 15 is 0 Å². The monoisotopic (exact) mass is 455 g/mol. The van der Waals surface area contributed by atoms with Gasteiger partial charge in [0.1, 0.15) is 25.9 Å². The number of carbonyl (C=O) groups excluding carboxylic acids is 4. The largest absolute Gasteiger partial charge is 0.467 e. The summed E-state index contributed by atoms with van der Waals surface area (Å²) in [6.07, 6.45) is 0. The van der Waals surface area contributed by atoms with Crippen molar-refractivity contribution in [2.45, 2.75) is 19.9 Å². The van der Waals surface area contributed by atoms with Crippen molar-refractivity contribution >= 4 is 35.4 Å². The Balaban J connectivity index is 4.67. The van der Waals surface area contributed by atoms with Crippen molar-refractivity contribution in [1.82, 2.24) is 5.32 Å². The van der Waals surface area contributed by atoms with Crippen LogP contribution in [0.2, 0.25) is 0 Å². The van der Waals surface area contributed by atoms with Crippen LogP contribution in [0.3, 0.4) is 0 Å². The Morgan fingerprint density at radius 1 is 1.07 bits per heavy atom. The summed E-state index contributed by atoms with van der Waals surface area (Å²) in [5.74, 6) is -4.00. The number of methoxy groups -OCH3 is 1. The molecule has 0 unspecified atom stereocenters. The zero-order valence-corrected chi connectivity index (χ0v) is 17.1. The molecule has 0 spiro atoms. The van der Waals surface area contributed by atoms with E-state index in [1.54, 1.807) is 0 Å². The second-order valence-corrected chi connectivity index (χ2v) is 7.13. The summed E-state index contributed by atoms with van der Waals surface area (Å²) in [6, 6.07) is -1.02. The number of amides is 1. The van der Waals surface area contributed by atoms with Gasteiger partial charge >= 0.3 is 11.9 Å². The maximum absolute atomic E-state index is 11.9. The Hall–Kier alpha value is -3.17. The van der Waals surface area contributed by atoms with E-state index < -0.39 is 70.8 Å². The van der Waals surface area contributed by atoms with E-state index in [1.165, 1.54) is 13.8 Å². The van der Waals surface area contributed by atoms with Gasteiger partial charge in [0.05, 0.1) is 12.9 Å². The molecule has 170 valence electrons. The molecule has 0 bridgehead atoms. The molecule has 0 saturated heterocycles. The van der Waals surface area contributed by atoms with E-state index in [2.05, 4.69) is 19.7 Å². The van der Waals surface area contributed by atoms with Crippen molar-refractivity contribution in [3.63, 3.8) is 0 Å². The Morgan fingerprint density at radius 3 is 2.03 bits per heavy atom. The molecule has 0 fully saturated rings. The molecule has 1 amide bonds. The Morgan fingerprint density at radius 2 is 1.60 bits per heavy atom. The third-order valence-corrected chi connectivity index (χ3v) is 4.23. The first kappa shape index (κ1) is 26.8. The summed E-state index contributed by atoms with van der Waals surface area (Å²) in [4.78, 5) is 75.2. The second-order valence-electron chi connectivity index (χ2n) is 6.10. The van der Waals surface area contributed by atoms with Crippen LogP contribution in [0.1, 0.15) is 13.8 Å². The molecule has 0 heterocycles. The number of nitrogens with zero attached hydrogens (tertiary/aromatic N) is 2. The molecule has 1 atom stereocenters. The summed E-state index contributed by atoms with van der Waals surface area (Å²) in [6.45, 7) is 0.413.